The van der Waals surface area contributed by atoms with Gasteiger partial charge in [0.2, 0.25) is 5.91 Å². The summed E-state index contributed by atoms with van der Waals surface area (Å²) in [5.74, 6) is 0.701. The van der Waals surface area contributed by atoms with Crippen LogP contribution in [0.25, 0.3) is 0 Å². The summed E-state index contributed by atoms with van der Waals surface area (Å²) in [5, 5.41) is 2.48. The number of hydrogen-bond donors (Lipinski definition) is 1. The lowest BCUT2D eigenvalue weighted by molar-refractivity contribution is -0.122. The van der Waals surface area contributed by atoms with E-state index < -0.39 is 0 Å². The topological polar surface area (TPSA) is 64.6 Å². The molecule has 0 radical (unpaired) electrons. The lowest BCUT2D eigenvalue weighted by Gasteiger charge is -2.14. The van der Waals surface area contributed by atoms with E-state index in [1.54, 1.807) is 7.11 Å². The molecule has 0 heterocycles. The largest absolute Gasteiger partial charge is 0.494 e. The standard InChI is InChI=1S/C14H19NO3.C5H12O.C2H6/c1-2-12-5-7-13(8-6-12)18-11-3-4-14(17)15-9-10-16;1-5(2,3)6-4;1-2/h5-8,10H,2-4,9,11H2,1H3,(H,15,17);1-4H3;1-2H3. The molecular weight excluding hydrogens is 330 g/mol. The van der Waals surface area contributed by atoms with Crippen LogP contribution in [0, 0.1) is 0 Å². The van der Waals surface area contributed by atoms with Gasteiger partial charge >= 0.3 is 0 Å². The fourth-order valence-electron chi connectivity index (χ4n) is 1.49. The van der Waals surface area contributed by atoms with Gasteiger partial charge in [0.15, 0.2) is 0 Å². The molecule has 150 valence electrons. The normalized spacial score (nSPS) is 9.81. The van der Waals surface area contributed by atoms with Crippen molar-refractivity contribution in [3.63, 3.8) is 0 Å². The molecule has 1 rings (SSSR count). The Morgan fingerprint density at radius 3 is 2.12 bits per heavy atom. The summed E-state index contributed by atoms with van der Waals surface area (Å²) in [6, 6.07) is 7.94. The molecule has 0 saturated carbocycles. The first-order chi connectivity index (χ1) is 12.3. The van der Waals surface area contributed by atoms with Crippen LogP contribution in [0.2, 0.25) is 0 Å². The second kappa shape index (κ2) is 16.6. The Balaban J connectivity index is 0. The van der Waals surface area contributed by atoms with Crippen molar-refractivity contribution < 1.29 is 19.1 Å². The number of amides is 1. The predicted molar refractivity (Wildman–Crippen MR) is 108 cm³/mol. The fourth-order valence-corrected chi connectivity index (χ4v) is 1.49. The minimum absolute atomic E-state index is 0.0417. The summed E-state index contributed by atoms with van der Waals surface area (Å²) in [7, 11) is 1.71. The molecule has 0 aromatic heterocycles. The highest BCUT2D eigenvalue weighted by molar-refractivity contribution is 5.78. The second-order valence-electron chi connectivity index (χ2n) is 6.24. The van der Waals surface area contributed by atoms with Gasteiger partial charge in [0.1, 0.15) is 12.0 Å². The van der Waals surface area contributed by atoms with Crippen LogP contribution >= 0.6 is 0 Å². The van der Waals surface area contributed by atoms with E-state index in [1.807, 2.05) is 58.9 Å². The van der Waals surface area contributed by atoms with Gasteiger partial charge in [-0.25, -0.2) is 0 Å². The number of ether oxygens (including phenoxy) is 2. The van der Waals surface area contributed by atoms with Crippen molar-refractivity contribution in [1.29, 1.82) is 0 Å². The zero-order valence-corrected chi connectivity index (χ0v) is 17.6. The second-order valence-corrected chi connectivity index (χ2v) is 6.24. The van der Waals surface area contributed by atoms with Crippen molar-refractivity contribution in [3.05, 3.63) is 29.8 Å². The summed E-state index contributed by atoms with van der Waals surface area (Å²) >= 11 is 0. The van der Waals surface area contributed by atoms with E-state index in [4.69, 9.17) is 9.47 Å². The average molecular weight is 368 g/mol. The number of carbonyl (C=O) groups excluding carboxylic acids is 2. The van der Waals surface area contributed by atoms with Gasteiger partial charge in [0.25, 0.3) is 0 Å². The molecule has 0 saturated heterocycles. The molecule has 1 aromatic carbocycles. The van der Waals surface area contributed by atoms with Crippen LogP contribution in [0.15, 0.2) is 24.3 Å². The molecule has 5 nitrogen and oxygen atoms in total. The highest BCUT2D eigenvalue weighted by Crippen LogP contribution is 2.12. The zero-order chi connectivity index (χ0) is 20.4. The van der Waals surface area contributed by atoms with Crippen LogP contribution in [0.5, 0.6) is 5.75 Å². The molecular formula is C21H37NO4. The number of carbonyl (C=O) groups is 2. The van der Waals surface area contributed by atoms with Crippen LogP contribution in [-0.4, -0.2) is 38.1 Å². The molecule has 5 heteroatoms. The van der Waals surface area contributed by atoms with Gasteiger partial charge < -0.3 is 19.6 Å². The number of hydrogen-bond acceptors (Lipinski definition) is 4. The fraction of sp³-hybridized carbons (Fsp3) is 0.619. The quantitative estimate of drug-likeness (QED) is 0.553. The summed E-state index contributed by atoms with van der Waals surface area (Å²) < 4.78 is 10.4. The van der Waals surface area contributed by atoms with Gasteiger partial charge in [-0.3, -0.25) is 4.79 Å². The maximum Gasteiger partial charge on any atom is 0.220 e. The lowest BCUT2D eigenvalue weighted by Crippen LogP contribution is -2.25. The molecule has 1 amide bonds. The van der Waals surface area contributed by atoms with E-state index in [9.17, 15) is 9.59 Å². The average Bonchev–Trinajstić information content (AvgIpc) is 2.65. The SMILES string of the molecule is CC.CCc1ccc(OCCCC(=O)NCC=O)cc1.COC(C)(C)C. The van der Waals surface area contributed by atoms with Crippen LogP contribution in [0.1, 0.15) is 59.9 Å². The minimum atomic E-state index is -0.118. The maximum absolute atomic E-state index is 11.2. The van der Waals surface area contributed by atoms with Gasteiger partial charge in [0, 0.05) is 13.5 Å². The van der Waals surface area contributed by atoms with Crippen molar-refractivity contribution in [1.82, 2.24) is 5.32 Å². The Bertz CT molecular complexity index is 464. The first kappa shape index (κ1) is 26.4. The van der Waals surface area contributed by atoms with Gasteiger partial charge in [-0.1, -0.05) is 32.9 Å². The molecule has 1 aromatic rings. The number of aryl methyl sites for hydroxylation is 1. The number of benzene rings is 1. The van der Waals surface area contributed by atoms with E-state index in [0.29, 0.717) is 25.7 Å². The zero-order valence-electron chi connectivity index (χ0n) is 17.6. The van der Waals surface area contributed by atoms with Gasteiger partial charge in [0.05, 0.1) is 18.8 Å². The van der Waals surface area contributed by atoms with Crippen LogP contribution in [0.3, 0.4) is 0 Å². The maximum atomic E-state index is 11.2. The third-order valence-corrected chi connectivity index (χ3v) is 3.14. The molecule has 0 unspecified atom stereocenters. The van der Waals surface area contributed by atoms with E-state index in [1.165, 1.54) is 5.56 Å². The lowest BCUT2D eigenvalue weighted by atomic mass is 10.2. The molecule has 0 atom stereocenters. The molecule has 26 heavy (non-hydrogen) atoms. The number of methoxy groups -OCH3 is 1. The monoisotopic (exact) mass is 367 g/mol. The van der Waals surface area contributed by atoms with Crippen molar-refractivity contribution in [3.8, 4) is 5.75 Å². The molecule has 0 spiro atoms. The summed E-state index contributed by atoms with van der Waals surface area (Å²) in [6.45, 7) is 12.7. The van der Waals surface area contributed by atoms with Crippen molar-refractivity contribution >= 4 is 12.2 Å². The first-order valence-corrected chi connectivity index (χ1v) is 9.29. The van der Waals surface area contributed by atoms with Crippen molar-refractivity contribution in [2.45, 2.75) is 66.4 Å². The van der Waals surface area contributed by atoms with E-state index in [2.05, 4.69) is 12.2 Å². The third kappa shape index (κ3) is 17.0. The molecule has 1 N–H and O–H groups in total. The highest BCUT2D eigenvalue weighted by Gasteiger charge is 2.04. The number of nitrogens with one attached hydrogen (secondary N) is 1. The van der Waals surface area contributed by atoms with Gasteiger partial charge in [-0.15, -0.1) is 0 Å². The summed E-state index contributed by atoms with van der Waals surface area (Å²) in [5.41, 5.74) is 1.32. The molecule has 0 aliphatic carbocycles. The Hall–Kier alpha value is -1.88. The first-order valence-electron chi connectivity index (χ1n) is 9.29. The number of rotatable bonds is 8. The van der Waals surface area contributed by atoms with Gasteiger partial charge in [-0.2, -0.15) is 0 Å². The Labute approximate surface area is 159 Å². The molecule has 0 bridgehead atoms. The predicted octanol–water partition coefficient (Wildman–Crippen LogP) is 4.18. The Morgan fingerprint density at radius 1 is 1.15 bits per heavy atom. The van der Waals surface area contributed by atoms with Gasteiger partial charge in [-0.05, 0) is 51.3 Å². The molecule has 0 aliphatic rings. The van der Waals surface area contributed by atoms with Crippen LogP contribution < -0.4 is 10.1 Å². The smallest absolute Gasteiger partial charge is 0.220 e. The molecule has 0 aliphatic heterocycles. The number of aldehydes is 1. The van der Waals surface area contributed by atoms with Crippen molar-refractivity contribution in [2.24, 2.45) is 0 Å². The Morgan fingerprint density at radius 2 is 1.69 bits per heavy atom. The minimum Gasteiger partial charge on any atom is -0.494 e. The summed E-state index contributed by atoms with van der Waals surface area (Å²) in [4.78, 5) is 21.2. The van der Waals surface area contributed by atoms with Crippen LogP contribution in [0.4, 0.5) is 0 Å². The van der Waals surface area contributed by atoms with Crippen molar-refractivity contribution in [2.75, 3.05) is 20.3 Å². The Kier molecular flexibility index (Phi) is 16.8. The third-order valence-electron chi connectivity index (χ3n) is 3.14. The summed E-state index contributed by atoms with van der Waals surface area (Å²) in [6.07, 6.45) is 2.70. The molecule has 0 fully saturated rings. The van der Waals surface area contributed by atoms with E-state index in [-0.39, 0.29) is 18.1 Å². The van der Waals surface area contributed by atoms with E-state index >= 15 is 0 Å². The van der Waals surface area contributed by atoms with E-state index in [0.717, 1.165) is 12.2 Å². The van der Waals surface area contributed by atoms with Crippen LogP contribution in [-0.2, 0) is 20.7 Å². The highest BCUT2D eigenvalue weighted by atomic mass is 16.5.